The zero-order valence-electron chi connectivity index (χ0n) is 34.6. The average molecular weight is 832 g/mol. The Balaban J connectivity index is 1.03. The lowest BCUT2D eigenvalue weighted by Crippen LogP contribution is -2.25. The van der Waals surface area contributed by atoms with Gasteiger partial charge in [-0.3, -0.25) is 0 Å². The maximum Gasteiger partial charge on any atom is 0.159 e. The molecule has 2 aliphatic carbocycles. The second-order valence-corrected chi connectivity index (χ2v) is 18.1. The molecule has 2 aromatic heterocycles. The number of furan rings is 1. The molecule has 0 unspecified atom stereocenters. The fourth-order valence-corrected chi connectivity index (χ4v) is 12.5. The summed E-state index contributed by atoms with van der Waals surface area (Å²) in [5, 5.41) is 4.77. The number of fused-ring (bicyclic) bond motifs is 16. The van der Waals surface area contributed by atoms with Crippen molar-refractivity contribution in [2.75, 3.05) is 4.90 Å². The number of nitrogens with zero attached hydrogens (tertiary/aromatic N) is 1. The number of rotatable bonds is 5. The molecule has 1 spiro atoms. The molecule has 14 rings (SSSR count). The summed E-state index contributed by atoms with van der Waals surface area (Å²) in [6.45, 7) is 0. The molecule has 3 heteroatoms. The predicted molar refractivity (Wildman–Crippen MR) is 268 cm³/mol. The van der Waals surface area contributed by atoms with E-state index in [1.165, 1.54) is 70.2 Å². The Morgan fingerprint density at radius 2 is 0.844 bits per heavy atom. The van der Waals surface area contributed by atoms with Crippen molar-refractivity contribution in [3.8, 4) is 44.5 Å². The Morgan fingerprint density at radius 3 is 1.59 bits per heavy atom. The molecule has 0 N–H and O–H groups in total. The van der Waals surface area contributed by atoms with Gasteiger partial charge in [0.05, 0.1) is 22.5 Å². The van der Waals surface area contributed by atoms with Gasteiger partial charge in [0.15, 0.2) is 5.58 Å². The minimum Gasteiger partial charge on any atom is -0.454 e. The fraction of sp³-hybridized carbons (Fsp3) is 0.0164. The predicted octanol–water partition coefficient (Wildman–Crippen LogP) is 17.1. The van der Waals surface area contributed by atoms with Crippen LogP contribution in [0.5, 0.6) is 0 Å². The van der Waals surface area contributed by atoms with Gasteiger partial charge in [0.25, 0.3) is 0 Å². The van der Waals surface area contributed by atoms with Crippen molar-refractivity contribution in [2.45, 2.75) is 5.41 Å². The summed E-state index contributed by atoms with van der Waals surface area (Å²) in [5.41, 5.74) is 19.7. The molecule has 2 heterocycles. The molecule has 0 aliphatic heterocycles. The van der Waals surface area contributed by atoms with Crippen molar-refractivity contribution < 1.29 is 4.42 Å². The highest BCUT2D eigenvalue weighted by Crippen LogP contribution is 2.63. The van der Waals surface area contributed by atoms with Crippen LogP contribution in [0.15, 0.2) is 229 Å². The SMILES string of the molecule is c1ccc(N(c2ccccc2-c2cccc3sc4ccccc4c23)c2cccc3c2oc2ccccc23)c(-c2ccc3c(c2)-c2ccccc2C32c3ccccc3-c3ccccc32)c1. The first-order valence-corrected chi connectivity index (χ1v) is 22.8. The third-order valence-corrected chi connectivity index (χ3v) is 15.1. The van der Waals surface area contributed by atoms with Crippen molar-refractivity contribution in [2.24, 2.45) is 0 Å². The molecule has 0 saturated heterocycles. The minimum absolute atomic E-state index is 0.397. The molecule has 64 heavy (non-hydrogen) atoms. The molecular weight excluding hydrogens is 795 g/mol. The van der Waals surface area contributed by atoms with Gasteiger partial charge in [-0.1, -0.05) is 182 Å². The first kappa shape index (κ1) is 35.6. The molecule has 0 saturated carbocycles. The number of anilines is 3. The number of thiophene rings is 1. The quantitative estimate of drug-likeness (QED) is 0.172. The molecule has 0 amide bonds. The fourth-order valence-electron chi connectivity index (χ4n) is 11.4. The van der Waals surface area contributed by atoms with E-state index in [1.54, 1.807) is 0 Å². The first-order chi connectivity index (χ1) is 31.8. The van der Waals surface area contributed by atoms with Gasteiger partial charge >= 0.3 is 0 Å². The molecule has 10 aromatic carbocycles. The molecule has 0 atom stereocenters. The van der Waals surface area contributed by atoms with E-state index in [1.807, 2.05) is 11.3 Å². The molecule has 2 nitrogen and oxygen atoms in total. The van der Waals surface area contributed by atoms with E-state index >= 15 is 0 Å². The van der Waals surface area contributed by atoms with E-state index < -0.39 is 5.41 Å². The maximum absolute atomic E-state index is 6.88. The van der Waals surface area contributed by atoms with E-state index in [0.717, 1.165) is 55.7 Å². The molecule has 0 radical (unpaired) electrons. The average Bonchev–Trinajstić information content (AvgIpc) is 4.10. The largest absolute Gasteiger partial charge is 0.454 e. The molecule has 298 valence electrons. The van der Waals surface area contributed by atoms with Gasteiger partial charge in [0.2, 0.25) is 0 Å². The van der Waals surface area contributed by atoms with Crippen molar-refractivity contribution in [1.82, 2.24) is 0 Å². The van der Waals surface area contributed by atoms with Crippen LogP contribution in [0.1, 0.15) is 22.3 Å². The van der Waals surface area contributed by atoms with E-state index in [9.17, 15) is 0 Å². The third-order valence-electron chi connectivity index (χ3n) is 13.9. The summed E-state index contributed by atoms with van der Waals surface area (Å²) in [6.07, 6.45) is 0. The third kappa shape index (κ3) is 4.79. The zero-order valence-corrected chi connectivity index (χ0v) is 35.4. The monoisotopic (exact) mass is 831 g/mol. The number of benzene rings is 10. The van der Waals surface area contributed by atoms with Crippen molar-refractivity contribution >= 4 is 70.5 Å². The van der Waals surface area contributed by atoms with E-state index in [0.29, 0.717) is 0 Å². The van der Waals surface area contributed by atoms with Crippen LogP contribution in [0.4, 0.5) is 17.1 Å². The molecule has 0 bridgehead atoms. The lowest BCUT2D eigenvalue weighted by Gasteiger charge is -2.31. The van der Waals surface area contributed by atoms with Gasteiger partial charge in [-0.15, -0.1) is 11.3 Å². The van der Waals surface area contributed by atoms with Gasteiger partial charge in [-0.25, -0.2) is 0 Å². The van der Waals surface area contributed by atoms with Gasteiger partial charge in [0, 0.05) is 42.1 Å². The van der Waals surface area contributed by atoms with Gasteiger partial charge in [0.1, 0.15) is 5.58 Å². The Labute approximate surface area is 374 Å². The van der Waals surface area contributed by atoms with Crippen LogP contribution in [-0.4, -0.2) is 0 Å². The van der Waals surface area contributed by atoms with Crippen LogP contribution in [0.2, 0.25) is 0 Å². The van der Waals surface area contributed by atoms with Crippen molar-refractivity contribution in [3.05, 3.63) is 247 Å². The Morgan fingerprint density at radius 1 is 0.344 bits per heavy atom. The standard InChI is InChI=1S/C61H37NOS/c1-8-26-49-40(18-1)41-19-2-9-27-50(41)61(49)51-28-10-3-20-42(51)48-37-38(35-36-52(48)61)39-17-4-11-29-53(39)62(55-31-15-25-46-44-22-6-13-32-56(44)63-60(46)55)54-30-12-5-21-43(54)45-24-16-34-58-59(45)47-23-7-14-33-57(47)64-58/h1-37H. The summed E-state index contributed by atoms with van der Waals surface area (Å²) in [7, 11) is 0. The number of hydrogen-bond donors (Lipinski definition) is 0. The summed E-state index contributed by atoms with van der Waals surface area (Å²) in [6, 6.07) is 82.7. The summed E-state index contributed by atoms with van der Waals surface area (Å²) >= 11 is 1.86. The van der Waals surface area contributed by atoms with Crippen LogP contribution in [0.3, 0.4) is 0 Å². The Kier molecular flexibility index (Phi) is 7.51. The van der Waals surface area contributed by atoms with Crippen LogP contribution in [0.25, 0.3) is 86.6 Å². The van der Waals surface area contributed by atoms with E-state index in [2.05, 4.69) is 229 Å². The molecular formula is C61H37NOS. The van der Waals surface area contributed by atoms with Crippen molar-refractivity contribution in [3.63, 3.8) is 0 Å². The second kappa shape index (κ2) is 13.5. The maximum atomic E-state index is 6.88. The van der Waals surface area contributed by atoms with Crippen LogP contribution >= 0.6 is 11.3 Å². The number of hydrogen-bond acceptors (Lipinski definition) is 3. The normalized spacial score (nSPS) is 13.1. The van der Waals surface area contributed by atoms with Crippen molar-refractivity contribution in [1.29, 1.82) is 0 Å². The van der Waals surface area contributed by atoms with Crippen LogP contribution in [-0.2, 0) is 5.41 Å². The summed E-state index contributed by atoms with van der Waals surface area (Å²) in [5.74, 6) is 0. The lowest BCUT2D eigenvalue weighted by atomic mass is 9.70. The summed E-state index contributed by atoms with van der Waals surface area (Å²) < 4.78 is 9.46. The van der Waals surface area contributed by atoms with Gasteiger partial charge in [-0.05, 0) is 98.1 Å². The number of para-hydroxylation sites is 4. The van der Waals surface area contributed by atoms with Crippen LogP contribution in [0, 0.1) is 0 Å². The second-order valence-electron chi connectivity index (χ2n) is 17.0. The Bertz CT molecular complexity index is 3840. The van der Waals surface area contributed by atoms with E-state index in [-0.39, 0.29) is 0 Å². The minimum atomic E-state index is -0.397. The topological polar surface area (TPSA) is 16.4 Å². The van der Waals surface area contributed by atoms with Crippen LogP contribution < -0.4 is 4.90 Å². The highest BCUT2D eigenvalue weighted by Gasteiger charge is 2.51. The summed E-state index contributed by atoms with van der Waals surface area (Å²) in [4.78, 5) is 2.45. The molecule has 12 aromatic rings. The molecule has 0 fully saturated rings. The highest BCUT2D eigenvalue weighted by molar-refractivity contribution is 7.25. The lowest BCUT2D eigenvalue weighted by molar-refractivity contribution is 0.669. The zero-order chi connectivity index (χ0) is 41.9. The highest BCUT2D eigenvalue weighted by atomic mass is 32.1. The van der Waals surface area contributed by atoms with E-state index in [4.69, 9.17) is 4.42 Å². The molecule has 2 aliphatic rings. The Hall–Kier alpha value is -7.98. The smallest absolute Gasteiger partial charge is 0.159 e. The first-order valence-electron chi connectivity index (χ1n) is 22.0. The van der Waals surface area contributed by atoms with Gasteiger partial charge < -0.3 is 9.32 Å². The van der Waals surface area contributed by atoms with Gasteiger partial charge in [-0.2, -0.15) is 0 Å².